The Hall–Kier alpha value is -4.44. The third-order valence-corrected chi connectivity index (χ3v) is 8.32. The zero-order valence-corrected chi connectivity index (χ0v) is 30.9. The van der Waals surface area contributed by atoms with Crippen molar-refractivity contribution in [3.05, 3.63) is 0 Å². The molecule has 0 fully saturated rings. The normalized spacial score (nSPS) is 14.3. The van der Waals surface area contributed by atoms with Crippen LogP contribution in [0.1, 0.15) is 96.3 Å². The van der Waals surface area contributed by atoms with Gasteiger partial charge in [0.15, 0.2) is 0 Å². The van der Waals surface area contributed by atoms with E-state index in [0.29, 0.717) is 64.5 Å². The van der Waals surface area contributed by atoms with Crippen LogP contribution in [0, 0.1) is 0 Å². The number of carboxylic acid groups (broad SMARTS) is 3. The van der Waals surface area contributed by atoms with Crippen LogP contribution in [0.2, 0.25) is 0 Å². The Balaban J connectivity index is 6.24. The van der Waals surface area contributed by atoms with Crippen LogP contribution in [-0.2, 0) is 38.4 Å². The number of hydrogen-bond donors (Lipinski definition) is 13. The van der Waals surface area contributed by atoms with E-state index in [-0.39, 0.29) is 38.8 Å². The van der Waals surface area contributed by atoms with E-state index in [2.05, 4.69) is 26.6 Å². The van der Waals surface area contributed by atoms with Crippen molar-refractivity contribution in [3.8, 4) is 0 Å². The molecule has 0 spiro atoms. The molecule has 0 saturated heterocycles. The molecule has 21 nitrogen and oxygen atoms in total. The summed E-state index contributed by atoms with van der Waals surface area (Å²) in [5, 5.41) is 40.4. The summed E-state index contributed by atoms with van der Waals surface area (Å²) >= 11 is 0. The molecule has 0 rings (SSSR count). The summed E-state index contributed by atoms with van der Waals surface area (Å²) < 4.78 is 0. The summed E-state index contributed by atoms with van der Waals surface area (Å²) in [5.74, 6) is -8.52. The maximum atomic E-state index is 13.7. The molecule has 0 aliphatic heterocycles. The molecule has 0 aromatic rings. The van der Waals surface area contributed by atoms with Gasteiger partial charge in [-0.2, -0.15) is 0 Å². The first-order chi connectivity index (χ1) is 25.6. The van der Waals surface area contributed by atoms with Crippen molar-refractivity contribution >= 4 is 47.4 Å². The number of carboxylic acids is 3. The molecule has 0 aromatic carbocycles. The summed E-state index contributed by atoms with van der Waals surface area (Å²) in [6.07, 6.45) is 2.00. The average molecular weight is 775 g/mol. The molecule has 0 bridgehead atoms. The van der Waals surface area contributed by atoms with Crippen molar-refractivity contribution in [2.45, 2.75) is 133 Å². The van der Waals surface area contributed by atoms with Gasteiger partial charge in [0.25, 0.3) is 0 Å². The van der Waals surface area contributed by atoms with E-state index in [4.69, 9.17) is 28.7 Å². The number of nitrogens with one attached hydrogen (secondary N) is 5. The van der Waals surface area contributed by atoms with Crippen LogP contribution in [0.25, 0.3) is 0 Å². The largest absolute Gasteiger partial charge is 0.481 e. The molecule has 0 aliphatic carbocycles. The Morgan fingerprint density at radius 3 is 1.11 bits per heavy atom. The first-order valence-corrected chi connectivity index (χ1v) is 18.4. The Bertz CT molecular complexity index is 1210. The second-order valence-corrected chi connectivity index (χ2v) is 12.9. The average Bonchev–Trinajstić information content (AvgIpc) is 3.11. The van der Waals surface area contributed by atoms with Gasteiger partial charge in [-0.25, -0.2) is 4.79 Å². The van der Waals surface area contributed by atoms with Gasteiger partial charge in [-0.15, -0.1) is 0 Å². The quantitative estimate of drug-likeness (QED) is 0.0297. The van der Waals surface area contributed by atoms with Gasteiger partial charge in [0.05, 0.1) is 12.5 Å². The lowest BCUT2D eigenvalue weighted by molar-refractivity contribution is -0.143. The van der Waals surface area contributed by atoms with Crippen LogP contribution in [-0.4, -0.2) is 125 Å². The van der Waals surface area contributed by atoms with Gasteiger partial charge in [-0.3, -0.25) is 33.6 Å². The highest BCUT2D eigenvalue weighted by Crippen LogP contribution is 2.10. The maximum Gasteiger partial charge on any atom is 0.326 e. The fraction of sp³-hybridized carbons (Fsp3) is 0.758. The number of amides is 5. The van der Waals surface area contributed by atoms with Crippen LogP contribution in [0.15, 0.2) is 0 Å². The minimum absolute atomic E-state index is 0.00207. The number of hydrogen-bond acceptors (Lipinski definition) is 13. The summed E-state index contributed by atoms with van der Waals surface area (Å²) in [7, 11) is 0. The van der Waals surface area contributed by atoms with Gasteiger partial charge < -0.3 is 70.6 Å². The summed E-state index contributed by atoms with van der Waals surface area (Å²) in [6, 6.07) is -8.17. The molecule has 0 aromatic heterocycles. The zero-order chi connectivity index (χ0) is 41.1. The Morgan fingerprint density at radius 2 is 0.741 bits per heavy atom. The van der Waals surface area contributed by atoms with Gasteiger partial charge in [-0.05, 0) is 103 Å². The number of aliphatic carboxylic acids is 3. The molecule has 310 valence electrons. The zero-order valence-electron chi connectivity index (χ0n) is 30.9. The maximum absolute atomic E-state index is 13.7. The SMILES string of the molecule is NCCCC[C@H](NC(=O)[C@H](CCC(=O)O)NC(=O)[C@H](CCCCN)NC(=O)[C@H](CCCCN)NC(=O)[C@H](CC(=O)O)NC(=O)[C@@H](N)CCCCN)C(=O)O. The van der Waals surface area contributed by atoms with E-state index < -0.39 is 103 Å². The molecule has 54 heavy (non-hydrogen) atoms. The second-order valence-electron chi connectivity index (χ2n) is 12.9. The lowest BCUT2D eigenvalue weighted by Crippen LogP contribution is -2.59. The lowest BCUT2D eigenvalue weighted by atomic mass is 10.0. The van der Waals surface area contributed by atoms with Crippen molar-refractivity contribution < 1.29 is 53.7 Å². The Labute approximate surface area is 315 Å². The van der Waals surface area contributed by atoms with E-state index in [9.17, 15) is 53.7 Å². The van der Waals surface area contributed by atoms with Crippen molar-refractivity contribution in [3.63, 3.8) is 0 Å². The van der Waals surface area contributed by atoms with Gasteiger partial charge in [0.1, 0.15) is 30.2 Å². The Kier molecular flexibility index (Phi) is 26.6. The minimum atomic E-state index is -1.61. The van der Waals surface area contributed by atoms with Crippen molar-refractivity contribution in [1.29, 1.82) is 0 Å². The number of carbonyl (C=O) groups is 8. The van der Waals surface area contributed by atoms with E-state index in [1.165, 1.54) is 0 Å². The third kappa shape index (κ3) is 21.9. The Morgan fingerprint density at radius 1 is 0.407 bits per heavy atom. The van der Waals surface area contributed by atoms with E-state index in [1.54, 1.807) is 0 Å². The number of rotatable bonds is 32. The molecular weight excluding hydrogens is 712 g/mol. The van der Waals surface area contributed by atoms with Crippen LogP contribution < -0.4 is 55.3 Å². The molecule has 0 radical (unpaired) electrons. The fourth-order valence-electron chi connectivity index (χ4n) is 5.20. The number of nitrogens with two attached hydrogens (primary N) is 5. The predicted molar refractivity (Wildman–Crippen MR) is 196 cm³/mol. The highest BCUT2D eigenvalue weighted by Gasteiger charge is 2.33. The van der Waals surface area contributed by atoms with Gasteiger partial charge in [0.2, 0.25) is 29.5 Å². The van der Waals surface area contributed by atoms with E-state index in [0.717, 1.165) is 0 Å². The van der Waals surface area contributed by atoms with Gasteiger partial charge in [-0.1, -0.05) is 6.42 Å². The molecule has 0 heterocycles. The number of carbonyl (C=O) groups excluding carboxylic acids is 5. The standard InChI is InChI=1S/C33H62N10O11/c34-15-5-1-9-20(38)28(48)43-25(19-27(46)47)32(52)40-22(11-3-7-17-36)29(49)39-21(10-2-6-16-35)30(50)41-23(13-14-26(44)45)31(51)42-24(33(53)54)12-4-8-18-37/h20-25H,1-19,34-38H2,(H,39,49)(H,40,52)(H,41,50)(H,42,51)(H,43,48)(H,44,45)(H,46,47)(H,53,54)/t20-,21-,22-,23-,24-,25-/m0/s1. The summed E-state index contributed by atoms with van der Waals surface area (Å²) in [6.45, 7) is 1.18. The summed E-state index contributed by atoms with van der Waals surface area (Å²) in [5.41, 5.74) is 28.1. The van der Waals surface area contributed by atoms with Crippen LogP contribution in [0.3, 0.4) is 0 Å². The second kappa shape index (κ2) is 29.0. The predicted octanol–water partition coefficient (Wildman–Crippen LogP) is -3.32. The molecule has 6 atom stereocenters. The highest BCUT2D eigenvalue weighted by atomic mass is 16.4. The smallest absolute Gasteiger partial charge is 0.326 e. The van der Waals surface area contributed by atoms with E-state index in [1.807, 2.05) is 0 Å². The van der Waals surface area contributed by atoms with Crippen LogP contribution in [0.5, 0.6) is 0 Å². The highest BCUT2D eigenvalue weighted by molar-refractivity contribution is 5.97. The minimum Gasteiger partial charge on any atom is -0.481 e. The monoisotopic (exact) mass is 774 g/mol. The van der Waals surface area contributed by atoms with Gasteiger partial charge in [0, 0.05) is 6.42 Å². The van der Waals surface area contributed by atoms with Gasteiger partial charge >= 0.3 is 17.9 Å². The first-order valence-electron chi connectivity index (χ1n) is 18.4. The molecular formula is C33H62N10O11. The topological polar surface area (TPSA) is 387 Å². The van der Waals surface area contributed by atoms with Crippen molar-refractivity contribution in [2.75, 3.05) is 26.2 Å². The molecule has 0 aliphatic rings. The number of unbranched alkanes of at least 4 members (excludes halogenated alkanes) is 4. The third-order valence-electron chi connectivity index (χ3n) is 8.32. The van der Waals surface area contributed by atoms with E-state index >= 15 is 0 Å². The summed E-state index contributed by atoms with van der Waals surface area (Å²) in [4.78, 5) is 101. The fourth-order valence-corrected chi connectivity index (χ4v) is 5.20. The van der Waals surface area contributed by atoms with Crippen molar-refractivity contribution in [2.24, 2.45) is 28.7 Å². The van der Waals surface area contributed by atoms with Crippen molar-refractivity contribution in [1.82, 2.24) is 26.6 Å². The molecule has 18 N–H and O–H groups in total. The van der Waals surface area contributed by atoms with Crippen LogP contribution in [0.4, 0.5) is 0 Å². The molecule has 5 amide bonds. The molecule has 0 saturated carbocycles. The van der Waals surface area contributed by atoms with Crippen LogP contribution >= 0.6 is 0 Å². The first kappa shape index (κ1) is 49.6. The lowest BCUT2D eigenvalue weighted by Gasteiger charge is -2.27. The molecule has 0 unspecified atom stereocenters. The molecule has 21 heteroatoms.